The summed E-state index contributed by atoms with van der Waals surface area (Å²) in [5.74, 6) is 1.58. The lowest BCUT2D eigenvalue weighted by Crippen LogP contribution is -2.06. The number of benzene rings is 1. The lowest BCUT2D eigenvalue weighted by atomic mass is 10.1. The highest BCUT2D eigenvalue weighted by Gasteiger charge is 2.12. The minimum Gasteiger partial charge on any atom is -0.472 e. The van der Waals surface area contributed by atoms with Gasteiger partial charge in [-0.3, -0.25) is 0 Å². The fourth-order valence-electron chi connectivity index (χ4n) is 3.39. The van der Waals surface area contributed by atoms with Gasteiger partial charge >= 0.3 is 0 Å². The van der Waals surface area contributed by atoms with Crippen molar-refractivity contribution in [3.05, 3.63) is 70.3 Å². The molecule has 7 heteroatoms. The topological polar surface area (TPSA) is 63.8 Å². The van der Waals surface area contributed by atoms with Crippen molar-refractivity contribution in [3.63, 3.8) is 0 Å². The molecule has 0 radical (unpaired) electrons. The Hall–Kier alpha value is -3.03. The molecule has 5 aromatic rings. The van der Waals surface area contributed by atoms with E-state index in [4.69, 9.17) is 14.4 Å². The summed E-state index contributed by atoms with van der Waals surface area (Å²) in [6.07, 6.45) is 5.36. The van der Waals surface area contributed by atoms with Gasteiger partial charge in [0, 0.05) is 22.4 Å². The number of anilines is 1. The molecule has 0 fully saturated rings. The standard InChI is InChI=1S/C23H20N4OS2/c1-15-11-19-22(26-21(27-23(19)30-15)18-8-10-28-12-18)24-9-2-3-16-4-6-17(7-5-16)20-13-29-14-25-20/h4-8,10-14H,2-3,9H2,1H3,(H,24,26,27). The molecular weight excluding hydrogens is 412 g/mol. The molecule has 30 heavy (non-hydrogen) atoms. The smallest absolute Gasteiger partial charge is 0.166 e. The van der Waals surface area contributed by atoms with Gasteiger partial charge in [-0.15, -0.1) is 22.7 Å². The Morgan fingerprint density at radius 1 is 1.07 bits per heavy atom. The first-order valence-electron chi connectivity index (χ1n) is 9.78. The van der Waals surface area contributed by atoms with Crippen molar-refractivity contribution in [2.24, 2.45) is 0 Å². The predicted molar refractivity (Wildman–Crippen MR) is 124 cm³/mol. The van der Waals surface area contributed by atoms with Gasteiger partial charge in [0.05, 0.1) is 28.4 Å². The van der Waals surface area contributed by atoms with Crippen LogP contribution in [0.2, 0.25) is 0 Å². The molecule has 4 heterocycles. The van der Waals surface area contributed by atoms with Crippen molar-refractivity contribution >= 4 is 38.7 Å². The van der Waals surface area contributed by atoms with E-state index in [9.17, 15) is 0 Å². The van der Waals surface area contributed by atoms with Crippen molar-refractivity contribution in [2.75, 3.05) is 11.9 Å². The Morgan fingerprint density at radius 2 is 1.97 bits per heavy atom. The van der Waals surface area contributed by atoms with Crippen LogP contribution in [-0.4, -0.2) is 21.5 Å². The Balaban J connectivity index is 1.26. The average Bonchev–Trinajstić information content (AvgIpc) is 3.52. The minimum absolute atomic E-state index is 0.693. The number of hydrogen-bond donors (Lipinski definition) is 1. The summed E-state index contributed by atoms with van der Waals surface area (Å²) in [4.78, 5) is 16.1. The van der Waals surface area contributed by atoms with E-state index in [1.54, 1.807) is 35.2 Å². The van der Waals surface area contributed by atoms with Crippen molar-refractivity contribution < 1.29 is 4.42 Å². The first-order chi connectivity index (χ1) is 14.8. The lowest BCUT2D eigenvalue weighted by Gasteiger charge is -2.09. The molecule has 5 nitrogen and oxygen atoms in total. The van der Waals surface area contributed by atoms with Crippen LogP contribution in [-0.2, 0) is 6.42 Å². The van der Waals surface area contributed by atoms with Crippen LogP contribution in [0.4, 0.5) is 5.82 Å². The summed E-state index contributed by atoms with van der Waals surface area (Å²) >= 11 is 3.31. The molecule has 0 amide bonds. The minimum atomic E-state index is 0.693. The zero-order chi connectivity index (χ0) is 20.3. The van der Waals surface area contributed by atoms with Gasteiger partial charge in [0.15, 0.2) is 5.82 Å². The number of nitrogens with one attached hydrogen (secondary N) is 1. The van der Waals surface area contributed by atoms with Gasteiger partial charge in [0.1, 0.15) is 16.9 Å². The third-order valence-electron chi connectivity index (χ3n) is 4.91. The van der Waals surface area contributed by atoms with E-state index < -0.39 is 0 Å². The van der Waals surface area contributed by atoms with E-state index in [2.05, 4.69) is 52.9 Å². The van der Waals surface area contributed by atoms with Gasteiger partial charge in [0.2, 0.25) is 0 Å². The highest BCUT2D eigenvalue weighted by molar-refractivity contribution is 7.18. The summed E-state index contributed by atoms with van der Waals surface area (Å²) in [6.45, 7) is 2.95. The Labute approximate surface area is 182 Å². The van der Waals surface area contributed by atoms with Crippen LogP contribution in [0.5, 0.6) is 0 Å². The number of hydrogen-bond acceptors (Lipinski definition) is 7. The molecule has 150 valence electrons. The molecule has 0 saturated carbocycles. The lowest BCUT2D eigenvalue weighted by molar-refractivity contribution is 0.568. The molecule has 1 aromatic carbocycles. The van der Waals surface area contributed by atoms with Gasteiger partial charge in [-0.1, -0.05) is 24.3 Å². The SMILES string of the molecule is Cc1cc2c(NCCCc3ccc(-c4cscn4)cc3)nc(-c3ccoc3)nc2s1. The maximum atomic E-state index is 5.21. The number of fused-ring (bicyclic) bond motifs is 1. The molecule has 4 aromatic heterocycles. The largest absolute Gasteiger partial charge is 0.472 e. The van der Waals surface area contributed by atoms with E-state index in [0.29, 0.717) is 5.82 Å². The second kappa shape index (κ2) is 8.38. The summed E-state index contributed by atoms with van der Waals surface area (Å²) in [7, 11) is 0. The van der Waals surface area contributed by atoms with Crippen molar-refractivity contribution in [3.8, 4) is 22.6 Å². The average molecular weight is 433 g/mol. The molecule has 0 saturated heterocycles. The van der Waals surface area contributed by atoms with Crippen LogP contribution in [0.3, 0.4) is 0 Å². The monoisotopic (exact) mass is 432 g/mol. The fourth-order valence-corrected chi connectivity index (χ4v) is 4.83. The number of nitrogens with zero attached hydrogens (tertiary/aromatic N) is 3. The maximum Gasteiger partial charge on any atom is 0.166 e. The second-order valence-electron chi connectivity index (χ2n) is 7.08. The number of aromatic nitrogens is 3. The van der Waals surface area contributed by atoms with Crippen molar-refractivity contribution in [1.82, 2.24) is 15.0 Å². The number of thiophene rings is 1. The molecular formula is C23H20N4OS2. The zero-order valence-corrected chi connectivity index (χ0v) is 18.1. The summed E-state index contributed by atoms with van der Waals surface area (Å²) in [6, 6.07) is 12.7. The number of aryl methyl sites for hydroxylation is 2. The highest BCUT2D eigenvalue weighted by Crippen LogP contribution is 2.31. The van der Waals surface area contributed by atoms with Crippen LogP contribution in [0.15, 0.2) is 64.2 Å². The first-order valence-corrected chi connectivity index (χ1v) is 11.5. The van der Waals surface area contributed by atoms with Crippen LogP contribution < -0.4 is 5.32 Å². The first kappa shape index (κ1) is 19.0. The van der Waals surface area contributed by atoms with Gasteiger partial charge in [0.25, 0.3) is 0 Å². The molecule has 0 aliphatic heterocycles. The Bertz CT molecular complexity index is 1240. The third kappa shape index (κ3) is 3.99. The molecule has 1 N–H and O–H groups in total. The zero-order valence-electron chi connectivity index (χ0n) is 16.5. The van der Waals surface area contributed by atoms with Crippen LogP contribution in [0.25, 0.3) is 32.9 Å². The molecule has 0 aliphatic rings. The number of thiazole rings is 1. The number of furan rings is 1. The van der Waals surface area contributed by atoms with E-state index in [-0.39, 0.29) is 0 Å². The van der Waals surface area contributed by atoms with E-state index in [0.717, 1.165) is 46.7 Å². The van der Waals surface area contributed by atoms with Gasteiger partial charge in [-0.05, 0) is 37.5 Å². The van der Waals surface area contributed by atoms with E-state index >= 15 is 0 Å². The highest BCUT2D eigenvalue weighted by atomic mass is 32.1. The molecule has 5 rings (SSSR count). The van der Waals surface area contributed by atoms with Crippen molar-refractivity contribution in [2.45, 2.75) is 19.8 Å². The maximum absolute atomic E-state index is 5.21. The third-order valence-corrected chi connectivity index (χ3v) is 6.44. The fraction of sp³-hybridized carbons (Fsp3) is 0.174. The van der Waals surface area contributed by atoms with E-state index in [1.807, 2.05) is 11.6 Å². The van der Waals surface area contributed by atoms with Gasteiger partial charge in [-0.2, -0.15) is 0 Å². The molecule has 0 aliphatic carbocycles. The summed E-state index contributed by atoms with van der Waals surface area (Å²) < 4.78 is 5.21. The normalized spacial score (nSPS) is 11.2. The Kier molecular flexibility index (Phi) is 5.29. The van der Waals surface area contributed by atoms with Gasteiger partial charge in [-0.25, -0.2) is 15.0 Å². The van der Waals surface area contributed by atoms with E-state index in [1.165, 1.54) is 16.0 Å². The molecule has 0 spiro atoms. The number of rotatable bonds is 7. The van der Waals surface area contributed by atoms with Gasteiger partial charge < -0.3 is 9.73 Å². The summed E-state index contributed by atoms with van der Waals surface area (Å²) in [5, 5.41) is 6.68. The van der Waals surface area contributed by atoms with Crippen LogP contribution in [0, 0.1) is 6.92 Å². The second-order valence-corrected chi connectivity index (χ2v) is 9.04. The van der Waals surface area contributed by atoms with Crippen molar-refractivity contribution in [1.29, 1.82) is 0 Å². The molecule has 0 atom stereocenters. The predicted octanol–water partition coefficient (Wildman–Crippen LogP) is 6.43. The Morgan fingerprint density at radius 3 is 2.73 bits per heavy atom. The molecule has 0 unspecified atom stereocenters. The molecule has 0 bridgehead atoms. The summed E-state index contributed by atoms with van der Waals surface area (Å²) in [5.41, 5.74) is 6.30. The van der Waals surface area contributed by atoms with Crippen LogP contribution in [0.1, 0.15) is 16.9 Å². The quantitative estimate of drug-likeness (QED) is 0.300. The van der Waals surface area contributed by atoms with Crippen LogP contribution >= 0.6 is 22.7 Å².